The Kier molecular flexibility index (Phi) is 10.4. The Balaban J connectivity index is 1.51. The topological polar surface area (TPSA) is 76.8 Å². The molecule has 0 aliphatic heterocycles. The van der Waals surface area contributed by atoms with E-state index in [2.05, 4.69) is 30.8 Å². The van der Waals surface area contributed by atoms with Crippen molar-refractivity contribution >= 4 is 34.9 Å². The first-order chi connectivity index (χ1) is 20.1. The van der Waals surface area contributed by atoms with Crippen LogP contribution in [-0.4, -0.2) is 34.5 Å². The molecule has 0 atom stereocenters. The number of para-hydroxylation sites is 1. The van der Waals surface area contributed by atoms with Gasteiger partial charge < -0.3 is 19.5 Å². The van der Waals surface area contributed by atoms with Crippen LogP contribution in [0.4, 0.5) is 5.69 Å². The molecule has 1 heterocycles. The summed E-state index contributed by atoms with van der Waals surface area (Å²) in [5.74, 6) is 0.375. The van der Waals surface area contributed by atoms with Gasteiger partial charge in [-0.3, -0.25) is 0 Å². The predicted molar refractivity (Wildman–Crippen MR) is 169 cm³/mol. The Bertz CT molecular complexity index is 1530. The Morgan fingerprint density at radius 1 is 1.07 bits per heavy atom. The third kappa shape index (κ3) is 7.20. The van der Waals surface area contributed by atoms with Gasteiger partial charge in [-0.15, -0.1) is 0 Å². The lowest BCUT2D eigenvalue weighted by atomic mass is 10.0. The fourth-order valence-corrected chi connectivity index (χ4v) is 5.40. The summed E-state index contributed by atoms with van der Waals surface area (Å²) >= 11 is 13.0. The van der Waals surface area contributed by atoms with E-state index in [4.69, 9.17) is 32.7 Å². The van der Waals surface area contributed by atoms with Crippen LogP contribution in [-0.2, 0) is 13.2 Å². The summed E-state index contributed by atoms with van der Waals surface area (Å²) in [4.78, 5) is 13.8. The van der Waals surface area contributed by atoms with Crippen molar-refractivity contribution < 1.29 is 19.4 Å². The number of aromatic nitrogens is 2. The lowest BCUT2D eigenvalue weighted by Gasteiger charge is -2.23. The van der Waals surface area contributed by atoms with E-state index < -0.39 is 5.97 Å². The van der Waals surface area contributed by atoms with Crippen LogP contribution in [0.3, 0.4) is 0 Å². The molecule has 4 rings (SSSR count). The maximum atomic E-state index is 11.7. The van der Waals surface area contributed by atoms with Crippen molar-refractivity contribution in [2.75, 3.05) is 18.6 Å². The van der Waals surface area contributed by atoms with Gasteiger partial charge in [-0.25, -0.2) is 9.48 Å². The largest absolute Gasteiger partial charge is 0.493 e. The zero-order valence-electron chi connectivity index (χ0n) is 24.7. The van der Waals surface area contributed by atoms with Crippen LogP contribution in [0.2, 0.25) is 10.0 Å². The van der Waals surface area contributed by atoms with Crippen molar-refractivity contribution in [1.82, 2.24) is 9.78 Å². The molecule has 0 fully saturated rings. The van der Waals surface area contributed by atoms with Gasteiger partial charge in [0.1, 0.15) is 29.4 Å². The fraction of sp³-hybridized carbons (Fsp3) is 0.333. The quantitative estimate of drug-likeness (QED) is 0.153. The maximum absolute atomic E-state index is 11.7. The number of carboxylic acid groups (broad SMARTS) is 1. The highest BCUT2D eigenvalue weighted by Gasteiger charge is 2.20. The van der Waals surface area contributed by atoms with Crippen LogP contribution < -0.4 is 14.4 Å². The molecule has 0 unspecified atom stereocenters. The van der Waals surface area contributed by atoms with Gasteiger partial charge in [0.2, 0.25) is 0 Å². The summed E-state index contributed by atoms with van der Waals surface area (Å²) in [7, 11) is 2.01. The first-order valence-corrected chi connectivity index (χ1v) is 14.8. The molecule has 4 aromatic rings. The maximum Gasteiger partial charge on any atom is 0.339 e. The molecular formula is C33H37Cl2N3O4. The van der Waals surface area contributed by atoms with E-state index in [0.29, 0.717) is 41.2 Å². The van der Waals surface area contributed by atoms with Crippen molar-refractivity contribution in [2.24, 2.45) is 0 Å². The number of halogens is 2. The number of anilines is 1. The van der Waals surface area contributed by atoms with Crippen LogP contribution in [0.15, 0.2) is 60.8 Å². The lowest BCUT2D eigenvalue weighted by molar-refractivity contribution is 0.0692. The van der Waals surface area contributed by atoms with E-state index in [-0.39, 0.29) is 11.5 Å². The molecular weight excluding hydrogens is 573 g/mol. The van der Waals surface area contributed by atoms with Crippen LogP contribution in [0, 0.1) is 6.92 Å². The van der Waals surface area contributed by atoms with Crippen molar-refractivity contribution in [3.8, 4) is 17.2 Å². The summed E-state index contributed by atoms with van der Waals surface area (Å²) in [6.07, 6.45) is 3.68. The van der Waals surface area contributed by atoms with Crippen molar-refractivity contribution in [1.29, 1.82) is 0 Å². The lowest BCUT2D eigenvalue weighted by Crippen LogP contribution is -2.18. The molecule has 0 amide bonds. The predicted octanol–water partition coefficient (Wildman–Crippen LogP) is 8.70. The highest BCUT2D eigenvalue weighted by Crippen LogP contribution is 2.33. The second-order valence-electron chi connectivity index (χ2n) is 10.6. The van der Waals surface area contributed by atoms with Gasteiger partial charge >= 0.3 is 5.97 Å². The van der Waals surface area contributed by atoms with Crippen LogP contribution in [0.5, 0.6) is 11.5 Å². The molecule has 0 aliphatic carbocycles. The number of rotatable bonds is 13. The molecule has 7 nitrogen and oxygen atoms in total. The Labute approximate surface area is 257 Å². The third-order valence-electron chi connectivity index (χ3n) is 7.08. The van der Waals surface area contributed by atoms with E-state index in [9.17, 15) is 9.90 Å². The number of aromatic carboxylic acids is 1. The summed E-state index contributed by atoms with van der Waals surface area (Å²) in [6, 6.07) is 16.7. The molecule has 3 aromatic carbocycles. The number of nitrogens with zero attached hydrogens (tertiary/aromatic N) is 3. The number of carboxylic acids is 1. The van der Waals surface area contributed by atoms with Gasteiger partial charge in [-0.05, 0) is 78.4 Å². The first-order valence-electron chi connectivity index (χ1n) is 14.1. The molecule has 222 valence electrons. The average Bonchev–Trinajstić information content (AvgIpc) is 3.35. The molecule has 42 heavy (non-hydrogen) atoms. The van der Waals surface area contributed by atoms with E-state index in [0.717, 1.165) is 46.7 Å². The standard InChI is InChI=1S/C33H37Cl2N3O4/c1-6-7-15-41-31-17-23(11-13-25(31)33(39)40)19-37(5)29-14-12-24(16-22(29)4)42-20-30-26(21(2)3)18-36-38(30)32-27(34)9-8-10-28(32)35/h8-14,16-18,21H,6-7,15,19-20H2,1-5H3,(H,39,40). The normalized spacial score (nSPS) is 11.1. The van der Waals surface area contributed by atoms with Crippen LogP contribution >= 0.6 is 23.2 Å². The highest BCUT2D eigenvalue weighted by atomic mass is 35.5. The van der Waals surface area contributed by atoms with Gasteiger partial charge in [0.05, 0.1) is 28.5 Å². The zero-order valence-corrected chi connectivity index (χ0v) is 26.2. The zero-order chi connectivity index (χ0) is 30.4. The monoisotopic (exact) mass is 609 g/mol. The van der Waals surface area contributed by atoms with Gasteiger partial charge in [-0.2, -0.15) is 5.10 Å². The first kappa shape index (κ1) is 31.3. The van der Waals surface area contributed by atoms with Crippen LogP contribution in [0.1, 0.15) is 72.3 Å². The van der Waals surface area contributed by atoms with Gasteiger partial charge in [0, 0.05) is 19.3 Å². The van der Waals surface area contributed by atoms with Gasteiger partial charge in [-0.1, -0.05) is 62.5 Å². The van der Waals surface area contributed by atoms with Crippen molar-refractivity contribution in [3.63, 3.8) is 0 Å². The van der Waals surface area contributed by atoms with Gasteiger partial charge in [0.15, 0.2) is 0 Å². The van der Waals surface area contributed by atoms with E-state index in [1.807, 2.05) is 56.6 Å². The smallest absolute Gasteiger partial charge is 0.339 e. The van der Waals surface area contributed by atoms with Crippen molar-refractivity contribution in [3.05, 3.63) is 98.8 Å². The minimum atomic E-state index is -0.994. The molecule has 0 bridgehead atoms. The highest BCUT2D eigenvalue weighted by molar-refractivity contribution is 6.37. The second-order valence-corrected chi connectivity index (χ2v) is 11.4. The Morgan fingerprint density at radius 2 is 1.81 bits per heavy atom. The van der Waals surface area contributed by atoms with Gasteiger partial charge in [0.25, 0.3) is 0 Å². The van der Waals surface area contributed by atoms with E-state index in [1.165, 1.54) is 0 Å². The second kappa shape index (κ2) is 14.0. The van der Waals surface area contributed by atoms with Crippen LogP contribution in [0.25, 0.3) is 5.69 Å². The number of hydrogen-bond acceptors (Lipinski definition) is 5. The van der Waals surface area contributed by atoms with E-state index >= 15 is 0 Å². The fourth-order valence-electron chi connectivity index (χ4n) is 4.84. The van der Waals surface area contributed by atoms with E-state index in [1.54, 1.807) is 22.9 Å². The summed E-state index contributed by atoms with van der Waals surface area (Å²) in [6.45, 7) is 9.70. The number of ether oxygens (including phenoxy) is 2. The number of aryl methyl sites for hydroxylation is 1. The minimum absolute atomic E-state index is 0.175. The average molecular weight is 611 g/mol. The minimum Gasteiger partial charge on any atom is -0.493 e. The molecule has 0 saturated carbocycles. The molecule has 1 aromatic heterocycles. The summed E-state index contributed by atoms with van der Waals surface area (Å²) in [5.41, 5.74) is 5.80. The molecule has 0 radical (unpaired) electrons. The molecule has 9 heteroatoms. The number of hydrogen-bond donors (Lipinski definition) is 1. The Hall–Kier alpha value is -3.68. The van der Waals surface area contributed by atoms with Crippen molar-refractivity contribution in [2.45, 2.75) is 59.6 Å². The summed E-state index contributed by atoms with van der Waals surface area (Å²) in [5, 5.41) is 15.2. The third-order valence-corrected chi connectivity index (χ3v) is 7.69. The molecule has 0 aliphatic rings. The Morgan fingerprint density at radius 3 is 2.45 bits per heavy atom. The molecule has 0 spiro atoms. The summed E-state index contributed by atoms with van der Waals surface area (Å²) < 4.78 is 13.8. The molecule has 1 N–H and O–H groups in total. The number of benzene rings is 3. The number of unbranched alkanes of at least 4 members (excludes halogenated alkanes) is 1. The molecule has 0 saturated heterocycles. The SMILES string of the molecule is CCCCOc1cc(CN(C)c2ccc(OCc3c(C(C)C)cnn3-c3c(Cl)cccc3Cl)cc2C)ccc1C(=O)O. The number of carbonyl (C=O) groups is 1.